The molecule has 0 radical (unpaired) electrons. The highest BCUT2D eigenvalue weighted by Gasteiger charge is 1.90. The van der Waals surface area contributed by atoms with Crippen LogP contribution in [0.3, 0.4) is 0 Å². The van der Waals surface area contributed by atoms with Crippen LogP contribution in [0.5, 0.6) is 23.0 Å². The summed E-state index contributed by atoms with van der Waals surface area (Å²) < 4.78 is 8.57. The van der Waals surface area contributed by atoms with Crippen molar-refractivity contribution < 1.29 is 29.9 Å². The number of rotatable bonds is 0. The van der Waals surface area contributed by atoms with E-state index in [1.54, 1.807) is 24.3 Å². The third kappa shape index (κ3) is 7.70. The fourth-order valence-electron chi connectivity index (χ4n) is 0.928. The van der Waals surface area contributed by atoms with E-state index in [1.807, 2.05) is 0 Å². The molecule has 0 spiro atoms. The molecule has 19 heavy (non-hydrogen) atoms. The second-order valence-electron chi connectivity index (χ2n) is 3.08. The van der Waals surface area contributed by atoms with Crippen LogP contribution in [0, 0.1) is 0 Å². The first-order valence-corrected chi connectivity index (χ1v) is 6.03. The molecule has 2 aromatic carbocycles. The molecule has 5 N–H and O–H groups in total. The third-order valence-electron chi connectivity index (χ3n) is 1.76. The van der Waals surface area contributed by atoms with Gasteiger partial charge in [-0.2, -0.15) is 0 Å². The second kappa shape index (κ2) is 9.82. The SMILES string of the molecule is O=[PH2]O.Oc1ccccc1O.Oc1ccccc1O. The summed E-state index contributed by atoms with van der Waals surface area (Å²) in [5.74, 6) is -0.306. The first-order chi connectivity index (χ1) is 9.02. The quantitative estimate of drug-likeness (QED) is 0.372. The number of hydrogen-bond acceptors (Lipinski definition) is 5. The van der Waals surface area contributed by atoms with Gasteiger partial charge < -0.3 is 25.3 Å². The molecule has 0 amide bonds. The van der Waals surface area contributed by atoms with Gasteiger partial charge in [0.1, 0.15) is 0 Å². The van der Waals surface area contributed by atoms with Crippen molar-refractivity contribution in [3.8, 4) is 23.0 Å². The highest BCUT2D eigenvalue weighted by atomic mass is 31.1. The minimum Gasteiger partial charge on any atom is -0.504 e. The van der Waals surface area contributed by atoms with Gasteiger partial charge in [0, 0.05) is 0 Å². The largest absolute Gasteiger partial charge is 0.504 e. The lowest BCUT2D eigenvalue weighted by Crippen LogP contribution is -1.63. The molecule has 0 saturated carbocycles. The molecule has 0 fully saturated rings. The molecule has 0 aliphatic carbocycles. The zero-order chi connectivity index (χ0) is 14.7. The summed E-state index contributed by atoms with van der Waals surface area (Å²) in [5, 5.41) is 34.7. The molecule has 0 aliphatic rings. The second-order valence-corrected chi connectivity index (χ2v) is 3.29. The van der Waals surface area contributed by atoms with Crippen molar-refractivity contribution in [3.05, 3.63) is 48.5 Å². The first kappa shape index (κ1) is 16.8. The van der Waals surface area contributed by atoms with E-state index < -0.39 is 8.69 Å². The van der Waals surface area contributed by atoms with Crippen molar-refractivity contribution in [2.24, 2.45) is 0 Å². The van der Waals surface area contributed by atoms with Crippen molar-refractivity contribution >= 4 is 8.69 Å². The standard InChI is InChI=1S/2C6H6O2.H3O2P/c2*7-5-3-1-2-4-6(5)8;1-3-2/h2*1-4,7-8H;3H2,(H,1,2). The monoisotopic (exact) mass is 286 g/mol. The van der Waals surface area contributed by atoms with Gasteiger partial charge in [0.15, 0.2) is 31.7 Å². The van der Waals surface area contributed by atoms with E-state index in [0.717, 1.165) is 0 Å². The minimum absolute atomic E-state index is 0.0764. The molecule has 104 valence electrons. The molecule has 2 aromatic rings. The predicted octanol–water partition coefficient (Wildman–Crippen LogP) is 1.85. The maximum absolute atomic E-state index is 8.67. The van der Waals surface area contributed by atoms with Crippen LogP contribution in [0.25, 0.3) is 0 Å². The molecule has 7 heteroatoms. The minimum atomic E-state index is -1.50. The number of para-hydroxylation sites is 4. The number of phenolic OH excluding ortho intramolecular Hbond substituents is 4. The Kier molecular flexibility index (Phi) is 8.70. The molecule has 0 aliphatic heterocycles. The molecule has 0 aromatic heterocycles. The summed E-state index contributed by atoms with van der Waals surface area (Å²) in [6, 6.07) is 12.3. The fourth-order valence-corrected chi connectivity index (χ4v) is 0.928. The fraction of sp³-hybridized carbons (Fsp3) is 0. The van der Waals surface area contributed by atoms with Crippen molar-refractivity contribution in [2.45, 2.75) is 0 Å². The molecule has 6 nitrogen and oxygen atoms in total. The number of phenols is 4. The molecule has 1 atom stereocenters. The Balaban J connectivity index is 0.000000284. The van der Waals surface area contributed by atoms with E-state index >= 15 is 0 Å². The van der Waals surface area contributed by atoms with Crippen LogP contribution in [0.2, 0.25) is 0 Å². The van der Waals surface area contributed by atoms with Crippen molar-refractivity contribution in [1.82, 2.24) is 0 Å². The number of hydrogen-bond donors (Lipinski definition) is 5. The molecular formula is C12H15O6P. The zero-order valence-electron chi connectivity index (χ0n) is 9.84. The van der Waals surface area contributed by atoms with E-state index in [2.05, 4.69) is 0 Å². The van der Waals surface area contributed by atoms with Gasteiger partial charge in [-0.15, -0.1) is 0 Å². The summed E-state index contributed by atoms with van der Waals surface area (Å²) in [6.07, 6.45) is 0. The maximum Gasteiger partial charge on any atom is 0.177 e. The van der Waals surface area contributed by atoms with Gasteiger partial charge in [-0.25, -0.2) is 0 Å². The third-order valence-corrected chi connectivity index (χ3v) is 1.76. The normalized spacial score (nSPS) is 9.11. The Bertz CT molecular complexity index is 418. The van der Waals surface area contributed by atoms with E-state index in [0.29, 0.717) is 0 Å². The van der Waals surface area contributed by atoms with Crippen molar-refractivity contribution in [3.63, 3.8) is 0 Å². The van der Waals surface area contributed by atoms with Crippen LogP contribution in [0.1, 0.15) is 0 Å². The van der Waals surface area contributed by atoms with Crippen LogP contribution in [0.4, 0.5) is 0 Å². The molecule has 1 unspecified atom stereocenters. The zero-order valence-corrected chi connectivity index (χ0v) is 11.0. The van der Waals surface area contributed by atoms with Gasteiger partial charge in [0.2, 0.25) is 0 Å². The van der Waals surface area contributed by atoms with E-state index in [4.69, 9.17) is 29.9 Å². The van der Waals surface area contributed by atoms with E-state index in [9.17, 15) is 0 Å². The van der Waals surface area contributed by atoms with Crippen LogP contribution in [0.15, 0.2) is 48.5 Å². The average molecular weight is 286 g/mol. The summed E-state index contributed by atoms with van der Waals surface area (Å²) >= 11 is 0. The Labute approximate surface area is 111 Å². The van der Waals surface area contributed by atoms with Gasteiger partial charge in [0.05, 0.1) is 0 Å². The topological polar surface area (TPSA) is 118 Å². The molecular weight excluding hydrogens is 271 g/mol. The average Bonchev–Trinajstić information content (AvgIpc) is 2.38. The predicted molar refractivity (Wildman–Crippen MR) is 72.2 cm³/mol. The summed E-state index contributed by atoms with van der Waals surface area (Å²) in [6.45, 7) is 0. The Morgan fingerprint density at radius 1 is 0.632 bits per heavy atom. The summed E-state index contributed by atoms with van der Waals surface area (Å²) in [4.78, 5) is 7.10. The van der Waals surface area contributed by atoms with Gasteiger partial charge in [-0.3, -0.25) is 4.57 Å². The number of benzene rings is 2. The van der Waals surface area contributed by atoms with E-state index in [1.165, 1.54) is 24.3 Å². The van der Waals surface area contributed by atoms with Crippen LogP contribution in [-0.4, -0.2) is 25.3 Å². The molecule has 0 saturated heterocycles. The van der Waals surface area contributed by atoms with Crippen LogP contribution in [-0.2, 0) is 4.57 Å². The van der Waals surface area contributed by atoms with Gasteiger partial charge in [0.25, 0.3) is 0 Å². The van der Waals surface area contributed by atoms with Crippen LogP contribution < -0.4 is 0 Å². The van der Waals surface area contributed by atoms with Crippen LogP contribution >= 0.6 is 8.69 Å². The molecule has 2 rings (SSSR count). The Morgan fingerprint density at radius 2 is 0.789 bits per heavy atom. The lowest BCUT2D eigenvalue weighted by atomic mass is 10.3. The summed E-state index contributed by atoms with van der Waals surface area (Å²) in [5.41, 5.74) is 0. The highest BCUT2D eigenvalue weighted by molar-refractivity contribution is 7.16. The van der Waals surface area contributed by atoms with Gasteiger partial charge >= 0.3 is 0 Å². The first-order valence-electron chi connectivity index (χ1n) is 5.04. The Hall–Kier alpha value is -2.17. The Morgan fingerprint density at radius 3 is 0.895 bits per heavy atom. The number of aromatic hydroxyl groups is 4. The lowest BCUT2D eigenvalue weighted by molar-refractivity contribution is 0.404. The summed E-state index contributed by atoms with van der Waals surface area (Å²) in [7, 11) is -1.50. The molecule has 0 heterocycles. The molecule has 0 bridgehead atoms. The highest BCUT2D eigenvalue weighted by Crippen LogP contribution is 2.21. The smallest absolute Gasteiger partial charge is 0.177 e. The van der Waals surface area contributed by atoms with E-state index in [-0.39, 0.29) is 23.0 Å². The lowest BCUT2D eigenvalue weighted by Gasteiger charge is -1.91. The van der Waals surface area contributed by atoms with Gasteiger partial charge in [-0.1, -0.05) is 24.3 Å². The van der Waals surface area contributed by atoms with Crippen molar-refractivity contribution in [1.29, 1.82) is 0 Å². The maximum atomic E-state index is 8.67. The van der Waals surface area contributed by atoms with Crippen molar-refractivity contribution in [2.75, 3.05) is 0 Å². The van der Waals surface area contributed by atoms with Gasteiger partial charge in [-0.05, 0) is 24.3 Å².